The summed E-state index contributed by atoms with van der Waals surface area (Å²) in [6.07, 6.45) is 0. The molecule has 0 atom stereocenters. The zero-order valence-electron chi connectivity index (χ0n) is 11.9. The van der Waals surface area contributed by atoms with Crippen molar-refractivity contribution in [1.82, 2.24) is 0 Å². The van der Waals surface area contributed by atoms with Crippen molar-refractivity contribution in [3.8, 4) is 17.6 Å². The first-order valence-corrected chi connectivity index (χ1v) is 6.45. The standard InChI is InChI=1S/C17H15NO3/c1-12(19)13-7-8-16(20-2)15(9-13)11-21-17-6-4-3-5-14(17)10-18/h3-9H,11H2,1-2H3. The van der Waals surface area contributed by atoms with Crippen LogP contribution in [0.15, 0.2) is 42.5 Å². The molecule has 4 heteroatoms. The molecule has 21 heavy (non-hydrogen) atoms. The third-order valence-electron chi connectivity index (χ3n) is 3.08. The van der Waals surface area contributed by atoms with E-state index in [9.17, 15) is 4.79 Å². The second-order valence-electron chi connectivity index (χ2n) is 4.48. The van der Waals surface area contributed by atoms with Crippen LogP contribution in [0.5, 0.6) is 11.5 Å². The molecule has 0 unspecified atom stereocenters. The molecule has 2 aromatic rings. The minimum Gasteiger partial charge on any atom is -0.496 e. The molecule has 0 fully saturated rings. The topological polar surface area (TPSA) is 59.3 Å². The van der Waals surface area contributed by atoms with Gasteiger partial charge in [-0.3, -0.25) is 4.79 Å². The Bertz CT molecular complexity index is 701. The number of nitrogens with zero attached hydrogens (tertiary/aromatic N) is 1. The highest BCUT2D eigenvalue weighted by Gasteiger charge is 2.09. The molecule has 0 aromatic heterocycles. The Kier molecular flexibility index (Phi) is 4.57. The highest BCUT2D eigenvalue weighted by molar-refractivity contribution is 5.94. The molecular formula is C17H15NO3. The van der Waals surface area contributed by atoms with E-state index in [0.29, 0.717) is 22.6 Å². The van der Waals surface area contributed by atoms with Crippen LogP contribution in [-0.2, 0) is 6.61 Å². The van der Waals surface area contributed by atoms with E-state index in [0.717, 1.165) is 5.56 Å². The quantitative estimate of drug-likeness (QED) is 0.788. The smallest absolute Gasteiger partial charge is 0.159 e. The first-order chi connectivity index (χ1) is 10.2. The first kappa shape index (κ1) is 14.6. The van der Waals surface area contributed by atoms with Crippen LogP contribution in [0.4, 0.5) is 0 Å². The van der Waals surface area contributed by atoms with Crippen LogP contribution in [0.1, 0.15) is 28.4 Å². The number of hydrogen-bond acceptors (Lipinski definition) is 4. The van der Waals surface area contributed by atoms with Crippen LogP contribution in [0.2, 0.25) is 0 Å². The number of carbonyl (C=O) groups excluding carboxylic acids is 1. The minimum absolute atomic E-state index is 0.0173. The number of Topliss-reactive ketones (excluding diaryl/α,β-unsaturated/α-hetero) is 1. The summed E-state index contributed by atoms with van der Waals surface area (Å²) in [5.41, 5.74) is 1.83. The molecular weight excluding hydrogens is 266 g/mol. The molecule has 0 aliphatic heterocycles. The van der Waals surface area contributed by atoms with Gasteiger partial charge in [-0.25, -0.2) is 0 Å². The summed E-state index contributed by atoms with van der Waals surface area (Å²) in [6, 6.07) is 14.3. The van der Waals surface area contributed by atoms with Crippen molar-refractivity contribution in [2.45, 2.75) is 13.5 Å². The van der Waals surface area contributed by atoms with Crippen LogP contribution < -0.4 is 9.47 Å². The van der Waals surface area contributed by atoms with Gasteiger partial charge in [0, 0.05) is 11.1 Å². The Morgan fingerprint density at radius 3 is 2.62 bits per heavy atom. The second-order valence-corrected chi connectivity index (χ2v) is 4.48. The molecule has 0 bridgehead atoms. The van der Waals surface area contributed by atoms with Gasteiger partial charge in [-0.15, -0.1) is 0 Å². The highest BCUT2D eigenvalue weighted by Crippen LogP contribution is 2.24. The van der Waals surface area contributed by atoms with Crippen molar-refractivity contribution in [3.63, 3.8) is 0 Å². The SMILES string of the molecule is COc1ccc(C(C)=O)cc1COc1ccccc1C#N. The lowest BCUT2D eigenvalue weighted by molar-refractivity contribution is 0.101. The molecule has 0 spiro atoms. The summed E-state index contributed by atoms with van der Waals surface area (Å²) in [5.74, 6) is 1.14. The molecule has 0 amide bonds. The van der Waals surface area contributed by atoms with E-state index in [2.05, 4.69) is 6.07 Å². The maximum Gasteiger partial charge on any atom is 0.159 e. The largest absolute Gasteiger partial charge is 0.496 e. The van der Waals surface area contributed by atoms with E-state index in [1.807, 2.05) is 0 Å². The summed E-state index contributed by atoms with van der Waals surface area (Å²) >= 11 is 0. The molecule has 0 aliphatic rings. The van der Waals surface area contributed by atoms with Gasteiger partial charge in [-0.1, -0.05) is 12.1 Å². The molecule has 0 saturated carbocycles. The molecule has 4 nitrogen and oxygen atoms in total. The van der Waals surface area contributed by atoms with Gasteiger partial charge in [0.1, 0.15) is 24.2 Å². The van der Waals surface area contributed by atoms with E-state index in [1.54, 1.807) is 49.6 Å². The van der Waals surface area contributed by atoms with Gasteiger partial charge < -0.3 is 9.47 Å². The average Bonchev–Trinajstić information content (AvgIpc) is 2.52. The number of carbonyl (C=O) groups is 1. The third-order valence-corrected chi connectivity index (χ3v) is 3.08. The predicted molar refractivity (Wildman–Crippen MR) is 78.5 cm³/mol. The number of benzene rings is 2. The molecule has 0 saturated heterocycles. The van der Waals surface area contributed by atoms with E-state index in [4.69, 9.17) is 14.7 Å². The molecule has 0 radical (unpaired) electrons. The fourth-order valence-electron chi connectivity index (χ4n) is 1.95. The monoisotopic (exact) mass is 281 g/mol. The summed E-state index contributed by atoms with van der Waals surface area (Å²) in [7, 11) is 1.56. The van der Waals surface area contributed by atoms with Crippen LogP contribution >= 0.6 is 0 Å². The third kappa shape index (κ3) is 3.40. The molecule has 0 N–H and O–H groups in total. The summed E-state index contributed by atoms with van der Waals surface area (Å²) in [4.78, 5) is 11.4. The van der Waals surface area contributed by atoms with E-state index < -0.39 is 0 Å². The number of hydrogen-bond donors (Lipinski definition) is 0. The Hall–Kier alpha value is -2.80. The Balaban J connectivity index is 2.25. The van der Waals surface area contributed by atoms with Gasteiger partial charge in [0.05, 0.1) is 12.7 Å². The number of ether oxygens (including phenoxy) is 2. The minimum atomic E-state index is -0.0173. The zero-order valence-corrected chi connectivity index (χ0v) is 11.9. The van der Waals surface area contributed by atoms with Crippen LogP contribution in [-0.4, -0.2) is 12.9 Å². The maximum absolute atomic E-state index is 11.4. The highest BCUT2D eigenvalue weighted by atomic mass is 16.5. The van der Waals surface area contributed by atoms with Gasteiger partial charge in [-0.2, -0.15) is 5.26 Å². The van der Waals surface area contributed by atoms with Gasteiger partial charge in [0.25, 0.3) is 0 Å². The number of rotatable bonds is 5. The Morgan fingerprint density at radius 1 is 1.19 bits per heavy atom. The van der Waals surface area contributed by atoms with Gasteiger partial charge in [-0.05, 0) is 37.3 Å². The number of ketones is 1. The first-order valence-electron chi connectivity index (χ1n) is 6.45. The maximum atomic E-state index is 11.4. The van der Waals surface area contributed by atoms with Gasteiger partial charge in [0.2, 0.25) is 0 Å². The van der Waals surface area contributed by atoms with E-state index in [1.165, 1.54) is 6.92 Å². The Labute approximate surface area is 123 Å². The fourth-order valence-corrected chi connectivity index (χ4v) is 1.95. The summed E-state index contributed by atoms with van der Waals surface area (Å²) in [6.45, 7) is 1.74. The van der Waals surface area contributed by atoms with E-state index >= 15 is 0 Å². The van der Waals surface area contributed by atoms with Crippen LogP contribution in [0.3, 0.4) is 0 Å². The molecule has 106 valence electrons. The fraction of sp³-hybridized carbons (Fsp3) is 0.176. The van der Waals surface area contributed by atoms with Crippen LogP contribution in [0, 0.1) is 11.3 Å². The van der Waals surface area contributed by atoms with Crippen LogP contribution in [0.25, 0.3) is 0 Å². The van der Waals surface area contributed by atoms with Crippen molar-refractivity contribution in [2.75, 3.05) is 7.11 Å². The number of para-hydroxylation sites is 1. The molecule has 2 aromatic carbocycles. The van der Waals surface area contributed by atoms with Gasteiger partial charge >= 0.3 is 0 Å². The molecule has 0 aliphatic carbocycles. The Morgan fingerprint density at radius 2 is 1.95 bits per heavy atom. The molecule has 2 rings (SSSR count). The second kappa shape index (κ2) is 6.58. The zero-order chi connectivity index (χ0) is 15.2. The normalized spacial score (nSPS) is 9.76. The number of methoxy groups -OCH3 is 1. The van der Waals surface area contributed by atoms with Crippen molar-refractivity contribution in [1.29, 1.82) is 5.26 Å². The lowest BCUT2D eigenvalue weighted by atomic mass is 10.1. The predicted octanol–water partition coefficient (Wildman–Crippen LogP) is 3.35. The number of nitriles is 1. The molecule has 0 heterocycles. The van der Waals surface area contributed by atoms with Crippen molar-refractivity contribution >= 4 is 5.78 Å². The lowest BCUT2D eigenvalue weighted by Crippen LogP contribution is -2.02. The van der Waals surface area contributed by atoms with Crippen molar-refractivity contribution in [3.05, 3.63) is 59.2 Å². The van der Waals surface area contributed by atoms with Crippen molar-refractivity contribution < 1.29 is 14.3 Å². The lowest BCUT2D eigenvalue weighted by Gasteiger charge is -2.12. The van der Waals surface area contributed by atoms with E-state index in [-0.39, 0.29) is 12.4 Å². The van der Waals surface area contributed by atoms with Gasteiger partial charge in [0.15, 0.2) is 5.78 Å². The summed E-state index contributed by atoms with van der Waals surface area (Å²) in [5, 5.41) is 9.03. The average molecular weight is 281 g/mol. The van der Waals surface area contributed by atoms with Crippen molar-refractivity contribution in [2.24, 2.45) is 0 Å². The summed E-state index contributed by atoms with van der Waals surface area (Å²) < 4.78 is 10.9.